The fourth-order valence-corrected chi connectivity index (χ4v) is 4.93. The first-order chi connectivity index (χ1) is 11.7. The van der Waals surface area contributed by atoms with E-state index < -0.39 is 27.2 Å². The number of aliphatic hydroxyl groups is 1. The van der Waals surface area contributed by atoms with Crippen molar-refractivity contribution in [2.75, 3.05) is 39.0 Å². The molecule has 3 rings (SSSR count). The maximum absolute atomic E-state index is 14.0. The van der Waals surface area contributed by atoms with Gasteiger partial charge in [-0.05, 0) is 30.5 Å². The Balaban J connectivity index is 1.85. The molecule has 2 fully saturated rings. The van der Waals surface area contributed by atoms with Gasteiger partial charge in [-0.25, -0.2) is 17.1 Å². The Morgan fingerprint density at radius 1 is 1.44 bits per heavy atom. The van der Waals surface area contributed by atoms with E-state index in [-0.39, 0.29) is 36.2 Å². The van der Waals surface area contributed by atoms with Gasteiger partial charge in [0.25, 0.3) is 5.91 Å². The summed E-state index contributed by atoms with van der Waals surface area (Å²) >= 11 is 5.86. The van der Waals surface area contributed by atoms with Gasteiger partial charge in [0.2, 0.25) is 10.0 Å². The van der Waals surface area contributed by atoms with E-state index in [0.717, 1.165) is 12.3 Å². The highest BCUT2D eigenvalue weighted by Crippen LogP contribution is 2.43. The molecule has 2 aliphatic heterocycles. The molecule has 138 valence electrons. The Bertz CT molecular complexity index is 803. The molecule has 0 aromatic heterocycles. The fourth-order valence-electron chi connectivity index (χ4n) is 3.82. The molecule has 2 aliphatic rings. The number of likely N-dealkylation sites (tertiary alicyclic amines) is 1. The summed E-state index contributed by atoms with van der Waals surface area (Å²) in [7, 11) is -3.37. The summed E-state index contributed by atoms with van der Waals surface area (Å²) in [6.07, 6.45) is 1.69. The zero-order chi connectivity index (χ0) is 18.4. The van der Waals surface area contributed by atoms with E-state index in [1.165, 1.54) is 21.3 Å². The van der Waals surface area contributed by atoms with E-state index in [1.807, 2.05) is 0 Å². The van der Waals surface area contributed by atoms with Crippen LogP contribution in [-0.2, 0) is 10.0 Å². The van der Waals surface area contributed by atoms with Crippen LogP contribution < -0.4 is 0 Å². The van der Waals surface area contributed by atoms with E-state index in [1.54, 1.807) is 0 Å². The van der Waals surface area contributed by atoms with E-state index in [2.05, 4.69) is 0 Å². The summed E-state index contributed by atoms with van der Waals surface area (Å²) in [5, 5.41) is 10.2. The van der Waals surface area contributed by atoms with Crippen molar-refractivity contribution in [3.63, 3.8) is 0 Å². The molecule has 1 amide bonds. The molecule has 2 atom stereocenters. The van der Waals surface area contributed by atoms with Gasteiger partial charge in [-0.2, -0.15) is 0 Å². The molecule has 1 aromatic rings. The molecule has 9 heteroatoms. The summed E-state index contributed by atoms with van der Waals surface area (Å²) < 4.78 is 39.1. The van der Waals surface area contributed by atoms with Crippen LogP contribution in [-0.4, -0.2) is 67.7 Å². The molecular formula is C16H20ClFN2O4S. The first kappa shape index (κ1) is 18.6. The number of carbonyl (C=O) groups excluding carboxylic acids is 1. The van der Waals surface area contributed by atoms with Gasteiger partial charge in [-0.15, -0.1) is 0 Å². The van der Waals surface area contributed by atoms with Gasteiger partial charge in [0.05, 0.1) is 18.4 Å². The number of benzene rings is 1. The number of piperidine rings is 1. The summed E-state index contributed by atoms with van der Waals surface area (Å²) in [4.78, 5) is 14.2. The molecule has 2 saturated heterocycles. The molecule has 6 nitrogen and oxygen atoms in total. The van der Waals surface area contributed by atoms with Gasteiger partial charge < -0.3 is 10.0 Å². The van der Waals surface area contributed by atoms with Gasteiger partial charge in [-0.3, -0.25) is 4.79 Å². The Labute approximate surface area is 151 Å². The quantitative estimate of drug-likeness (QED) is 0.841. The van der Waals surface area contributed by atoms with Crippen molar-refractivity contribution in [2.24, 2.45) is 11.3 Å². The van der Waals surface area contributed by atoms with Crippen LogP contribution in [0.5, 0.6) is 0 Å². The number of hydrogen-bond donors (Lipinski definition) is 1. The zero-order valence-electron chi connectivity index (χ0n) is 13.8. The summed E-state index contributed by atoms with van der Waals surface area (Å²) in [6.45, 7) is 0.840. The highest BCUT2D eigenvalue weighted by atomic mass is 35.5. The van der Waals surface area contributed by atoms with Crippen molar-refractivity contribution in [2.45, 2.75) is 6.42 Å². The summed E-state index contributed by atoms with van der Waals surface area (Å²) in [5.74, 6) is -1.18. The van der Waals surface area contributed by atoms with E-state index in [9.17, 15) is 22.7 Å². The third-order valence-electron chi connectivity index (χ3n) is 5.26. The minimum absolute atomic E-state index is 0.0273. The smallest absolute Gasteiger partial charge is 0.256 e. The number of aliphatic hydroxyl groups excluding tert-OH is 1. The second-order valence-electron chi connectivity index (χ2n) is 6.91. The van der Waals surface area contributed by atoms with Gasteiger partial charge in [0.1, 0.15) is 5.82 Å². The summed E-state index contributed by atoms with van der Waals surface area (Å²) in [6, 6.07) is 3.80. The van der Waals surface area contributed by atoms with Crippen LogP contribution in [0, 0.1) is 17.2 Å². The van der Waals surface area contributed by atoms with E-state index in [0.29, 0.717) is 19.5 Å². The first-order valence-corrected chi connectivity index (χ1v) is 10.2. The molecule has 0 spiro atoms. The third kappa shape index (κ3) is 3.40. The number of halogens is 2. The molecule has 2 heterocycles. The highest BCUT2D eigenvalue weighted by molar-refractivity contribution is 7.88. The van der Waals surface area contributed by atoms with Gasteiger partial charge in [0.15, 0.2) is 0 Å². The molecule has 1 aromatic carbocycles. The van der Waals surface area contributed by atoms with Crippen LogP contribution in [0.2, 0.25) is 5.02 Å². The monoisotopic (exact) mass is 390 g/mol. The predicted molar refractivity (Wildman–Crippen MR) is 91.4 cm³/mol. The number of nitrogens with zero attached hydrogens (tertiary/aromatic N) is 2. The average Bonchev–Trinajstić information content (AvgIpc) is 2.96. The first-order valence-electron chi connectivity index (χ1n) is 7.96. The molecule has 0 aliphatic carbocycles. The number of fused-ring (bicyclic) bond motifs is 1. The number of sulfonamides is 1. The van der Waals surface area contributed by atoms with Gasteiger partial charge in [0, 0.05) is 36.6 Å². The largest absolute Gasteiger partial charge is 0.396 e. The van der Waals surface area contributed by atoms with Gasteiger partial charge in [-0.1, -0.05) is 11.6 Å². The number of rotatable bonds is 3. The second kappa shape index (κ2) is 6.50. The minimum Gasteiger partial charge on any atom is -0.396 e. The fraction of sp³-hybridized carbons (Fsp3) is 0.562. The van der Waals surface area contributed by atoms with Crippen molar-refractivity contribution in [1.82, 2.24) is 9.21 Å². The lowest BCUT2D eigenvalue weighted by atomic mass is 9.74. The normalized spacial score (nSPS) is 27.4. The van der Waals surface area contributed by atoms with Crippen LogP contribution in [0.3, 0.4) is 0 Å². The Morgan fingerprint density at radius 2 is 2.16 bits per heavy atom. The molecule has 0 bridgehead atoms. The average molecular weight is 391 g/mol. The standard InChI is InChI=1S/C16H20ClFN2O4S/c1-25(23,24)20-7-11-4-5-19(8-16(11,9-20)10-21)15(22)13-6-12(17)2-3-14(13)18/h2-3,6,11,21H,4-5,7-10H2,1H3/t11-,16+/m0/s1. The van der Waals surface area contributed by atoms with Crippen molar-refractivity contribution in [3.8, 4) is 0 Å². The van der Waals surface area contributed by atoms with E-state index in [4.69, 9.17) is 11.6 Å². The Kier molecular flexibility index (Phi) is 4.83. The maximum Gasteiger partial charge on any atom is 0.256 e. The number of hydrogen-bond acceptors (Lipinski definition) is 4. The molecular weight excluding hydrogens is 371 g/mol. The Morgan fingerprint density at radius 3 is 2.80 bits per heavy atom. The van der Waals surface area contributed by atoms with Gasteiger partial charge >= 0.3 is 0 Å². The maximum atomic E-state index is 14.0. The molecule has 0 saturated carbocycles. The van der Waals surface area contributed by atoms with Crippen LogP contribution in [0.1, 0.15) is 16.8 Å². The van der Waals surface area contributed by atoms with Crippen LogP contribution >= 0.6 is 11.6 Å². The summed E-state index contributed by atoms with van der Waals surface area (Å²) in [5.41, 5.74) is -0.830. The molecule has 0 unspecified atom stereocenters. The second-order valence-corrected chi connectivity index (χ2v) is 9.33. The minimum atomic E-state index is -3.37. The van der Waals surface area contributed by atoms with Crippen molar-refractivity contribution >= 4 is 27.5 Å². The zero-order valence-corrected chi connectivity index (χ0v) is 15.4. The van der Waals surface area contributed by atoms with Crippen LogP contribution in [0.25, 0.3) is 0 Å². The van der Waals surface area contributed by atoms with Crippen LogP contribution in [0.15, 0.2) is 18.2 Å². The number of carbonyl (C=O) groups is 1. The molecule has 1 N–H and O–H groups in total. The van der Waals surface area contributed by atoms with Crippen molar-refractivity contribution in [3.05, 3.63) is 34.6 Å². The SMILES string of the molecule is CS(=O)(=O)N1C[C@@H]2CCN(C(=O)c3cc(Cl)ccc3F)C[C@]2(CO)C1. The Hall–Kier alpha value is -1.22. The number of amides is 1. The van der Waals surface area contributed by atoms with Crippen LogP contribution in [0.4, 0.5) is 4.39 Å². The highest BCUT2D eigenvalue weighted by Gasteiger charge is 2.52. The molecule has 25 heavy (non-hydrogen) atoms. The lowest BCUT2D eigenvalue weighted by Gasteiger charge is -2.43. The lowest BCUT2D eigenvalue weighted by molar-refractivity contribution is 0.0127. The predicted octanol–water partition coefficient (Wildman–Crippen LogP) is 1.20. The van der Waals surface area contributed by atoms with Crippen molar-refractivity contribution < 1.29 is 22.7 Å². The van der Waals surface area contributed by atoms with Crippen molar-refractivity contribution in [1.29, 1.82) is 0 Å². The third-order valence-corrected chi connectivity index (χ3v) is 6.72. The topological polar surface area (TPSA) is 77.9 Å². The molecule has 0 radical (unpaired) electrons. The lowest BCUT2D eigenvalue weighted by Crippen LogP contribution is -2.52. The van der Waals surface area contributed by atoms with E-state index >= 15 is 0 Å².